The minimum Gasteiger partial charge on any atom is -0.491 e. The number of aromatic nitrogens is 1. The van der Waals surface area contributed by atoms with Gasteiger partial charge in [-0.05, 0) is 35.4 Å². The van der Waals surface area contributed by atoms with E-state index < -0.39 is 5.41 Å². The van der Waals surface area contributed by atoms with Gasteiger partial charge < -0.3 is 20.2 Å². The molecule has 3 aromatic rings. The van der Waals surface area contributed by atoms with Crippen LogP contribution in [0.5, 0.6) is 5.75 Å². The standard InChI is InChI=1S/C21H20N2O3/c1-21(2)16-10-13(26-8-7-24)4-6-14(16)19(25)18-15-5-3-12(11-22)9-17(15)23-20(18)21/h3-6,9-11,22-24H,7-8H2,1-2H3. The van der Waals surface area contributed by atoms with Crippen LogP contribution in [0, 0.1) is 5.41 Å². The van der Waals surface area contributed by atoms with Gasteiger partial charge in [-0.2, -0.15) is 0 Å². The SMILES string of the molecule is CC1(C)c2cc(OCCO)ccc2C(=O)c2c1[nH]c1cc(C=N)ccc21. The summed E-state index contributed by atoms with van der Waals surface area (Å²) in [5.41, 5.74) is 4.42. The highest BCUT2D eigenvalue weighted by atomic mass is 16.5. The highest BCUT2D eigenvalue weighted by Gasteiger charge is 2.39. The number of aliphatic hydroxyl groups excluding tert-OH is 1. The lowest BCUT2D eigenvalue weighted by Crippen LogP contribution is -2.30. The molecule has 1 aliphatic rings. The van der Waals surface area contributed by atoms with Crippen molar-refractivity contribution in [1.29, 1.82) is 5.41 Å². The Balaban J connectivity index is 1.93. The van der Waals surface area contributed by atoms with Gasteiger partial charge in [0.05, 0.1) is 12.2 Å². The van der Waals surface area contributed by atoms with Crippen molar-refractivity contribution in [2.75, 3.05) is 13.2 Å². The highest BCUT2D eigenvalue weighted by Crippen LogP contribution is 2.44. The number of nitrogens with one attached hydrogen (secondary N) is 2. The number of rotatable bonds is 4. The van der Waals surface area contributed by atoms with E-state index in [1.54, 1.807) is 12.1 Å². The van der Waals surface area contributed by atoms with Crippen molar-refractivity contribution in [3.05, 3.63) is 64.3 Å². The molecule has 1 heterocycles. The number of carbonyl (C=O) groups is 1. The number of H-pyrrole nitrogens is 1. The molecule has 0 saturated heterocycles. The highest BCUT2D eigenvalue weighted by molar-refractivity contribution is 6.20. The zero-order valence-electron chi connectivity index (χ0n) is 14.7. The Hall–Kier alpha value is -2.92. The molecular weight excluding hydrogens is 328 g/mol. The topological polar surface area (TPSA) is 86.2 Å². The average molecular weight is 348 g/mol. The number of aromatic amines is 1. The predicted molar refractivity (Wildman–Crippen MR) is 101 cm³/mol. The molecule has 0 fully saturated rings. The van der Waals surface area contributed by atoms with Crippen LogP contribution in [0.15, 0.2) is 36.4 Å². The number of hydrogen-bond donors (Lipinski definition) is 3. The van der Waals surface area contributed by atoms with Gasteiger partial charge in [0.15, 0.2) is 5.78 Å². The Bertz CT molecular complexity index is 1050. The summed E-state index contributed by atoms with van der Waals surface area (Å²) in [6.45, 7) is 4.33. The van der Waals surface area contributed by atoms with Gasteiger partial charge in [-0.1, -0.05) is 26.0 Å². The van der Waals surface area contributed by atoms with Crippen molar-refractivity contribution in [1.82, 2.24) is 4.98 Å². The zero-order chi connectivity index (χ0) is 18.5. The third kappa shape index (κ3) is 2.28. The van der Waals surface area contributed by atoms with Crippen molar-refractivity contribution in [2.45, 2.75) is 19.3 Å². The van der Waals surface area contributed by atoms with Crippen LogP contribution in [-0.4, -0.2) is 35.3 Å². The fraction of sp³-hybridized carbons (Fsp3) is 0.238. The number of carbonyl (C=O) groups excluding carboxylic acids is 1. The van der Waals surface area contributed by atoms with E-state index in [1.807, 2.05) is 24.3 Å². The number of hydrogen-bond acceptors (Lipinski definition) is 4. The molecule has 1 aromatic heterocycles. The van der Waals surface area contributed by atoms with Gasteiger partial charge in [0.1, 0.15) is 12.4 Å². The maximum atomic E-state index is 13.2. The van der Waals surface area contributed by atoms with Crippen LogP contribution in [0.3, 0.4) is 0 Å². The molecule has 5 nitrogen and oxygen atoms in total. The molecule has 0 amide bonds. The van der Waals surface area contributed by atoms with Crippen molar-refractivity contribution >= 4 is 22.9 Å². The zero-order valence-corrected chi connectivity index (χ0v) is 14.7. The molecule has 3 N–H and O–H groups in total. The second kappa shape index (κ2) is 5.81. The van der Waals surface area contributed by atoms with Gasteiger partial charge in [-0.25, -0.2) is 0 Å². The molecular formula is C21H20N2O3. The first-order chi connectivity index (χ1) is 12.5. The smallest absolute Gasteiger partial charge is 0.195 e. The third-order valence-electron chi connectivity index (χ3n) is 5.11. The average Bonchev–Trinajstić information content (AvgIpc) is 3.04. The van der Waals surface area contributed by atoms with Crippen molar-refractivity contribution in [3.63, 3.8) is 0 Å². The Kier molecular flexibility index (Phi) is 3.70. The molecule has 0 aliphatic heterocycles. The van der Waals surface area contributed by atoms with Crippen molar-refractivity contribution in [3.8, 4) is 5.75 Å². The maximum absolute atomic E-state index is 13.2. The van der Waals surface area contributed by atoms with Crippen LogP contribution in [0.1, 0.15) is 46.6 Å². The molecule has 132 valence electrons. The molecule has 0 spiro atoms. The summed E-state index contributed by atoms with van der Waals surface area (Å²) in [5.74, 6) is 0.640. The second-order valence-corrected chi connectivity index (χ2v) is 7.06. The van der Waals surface area contributed by atoms with Gasteiger partial charge >= 0.3 is 0 Å². The van der Waals surface area contributed by atoms with Gasteiger partial charge in [0.25, 0.3) is 0 Å². The first-order valence-electron chi connectivity index (χ1n) is 8.57. The Labute approximate surface area is 151 Å². The molecule has 0 saturated carbocycles. The van der Waals surface area contributed by atoms with Crippen LogP contribution >= 0.6 is 0 Å². The molecule has 0 unspecified atom stereocenters. The minimum atomic E-state index is -0.402. The van der Waals surface area contributed by atoms with Crippen LogP contribution in [-0.2, 0) is 5.41 Å². The van der Waals surface area contributed by atoms with E-state index in [-0.39, 0.29) is 19.0 Å². The van der Waals surface area contributed by atoms with E-state index in [2.05, 4.69) is 18.8 Å². The summed E-state index contributed by atoms with van der Waals surface area (Å²) in [6, 6.07) is 11.1. The molecule has 0 bridgehead atoms. The maximum Gasteiger partial charge on any atom is 0.195 e. The number of benzene rings is 2. The number of fused-ring (bicyclic) bond motifs is 4. The quantitative estimate of drug-likeness (QED) is 0.632. The summed E-state index contributed by atoms with van der Waals surface area (Å²) < 4.78 is 5.53. The number of ketones is 1. The van der Waals surface area contributed by atoms with E-state index in [1.165, 1.54) is 6.21 Å². The summed E-state index contributed by atoms with van der Waals surface area (Å²) in [6.07, 6.45) is 1.30. The van der Waals surface area contributed by atoms with E-state index in [0.29, 0.717) is 16.9 Å². The molecule has 0 atom stereocenters. The first-order valence-corrected chi connectivity index (χ1v) is 8.57. The summed E-state index contributed by atoms with van der Waals surface area (Å²) in [5, 5.41) is 17.3. The van der Waals surface area contributed by atoms with Crippen LogP contribution in [0.2, 0.25) is 0 Å². The second-order valence-electron chi connectivity index (χ2n) is 7.06. The lowest BCUT2D eigenvalue weighted by atomic mass is 9.71. The molecule has 0 radical (unpaired) electrons. The lowest BCUT2D eigenvalue weighted by molar-refractivity contribution is 0.103. The number of ether oxygens (including phenoxy) is 1. The monoisotopic (exact) mass is 348 g/mol. The summed E-state index contributed by atoms with van der Waals surface area (Å²) >= 11 is 0. The van der Waals surface area contributed by atoms with Crippen LogP contribution in [0.25, 0.3) is 10.9 Å². The Morgan fingerprint density at radius 3 is 2.77 bits per heavy atom. The molecule has 5 heteroatoms. The van der Waals surface area contributed by atoms with Crippen molar-refractivity contribution < 1.29 is 14.6 Å². The van der Waals surface area contributed by atoms with Crippen molar-refractivity contribution in [2.24, 2.45) is 0 Å². The van der Waals surface area contributed by atoms with Gasteiger partial charge in [-0.15, -0.1) is 0 Å². The van der Waals surface area contributed by atoms with E-state index in [4.69, 9.17) is 15.3 Å². The molecule has 26 heavy (non-hydrogen) atoms. The van der Waals surface area contributed by atoms with E-state index >= 15 is 0 Å². The largest absolute Gasteiger partial charge is 0.491 e. The van der Waals surface area contributed by atoms with Gasteiger partial charge in [0, 0.05) is 33.8 Å². The van der Waals surface area contributed by atoms with Gasteiger partial charge in [-0.3, -0.25) is 4.79 Å². The number of aliphatic hydroxyl groups is 1. The van der Waals surface area contributed by atoms with E-state index in [0.717, 1.165) is 27.7 Å². The predicted octanol–water partition coefficient (Wildman–Crippen LogP) is 3.41. The normalized spacial score (nSPS) is 14.8. The Morgan fingerprint density at radius 2 is 2.04 bits per heavy atom. The van der Waals surface area contributed by atoms with E-state index in [9.17, 15) is 4.79 Å². The molecule has 4 rings (SSSR count). The lowest BCUT2D eigenvalue weighted by Gasteiger charge is -2.32. The van der Waals surface area contributed by atoms with Crippen LogP contribution in [0.4, 0.5) is 0 Å². The fourth-order valence-electron chi connectivity index (χ4n) is 3.77. The Morgan fingerprint density at radius 1 is 1.23 bits per heavy atom. The summed E-state index contributed by atoms with van der Waals surface area (Å²) in [4.78, 5) is 16.6. The molecule has 1 aliphatic carbocycles. The van der Waals surface area contributed by atoms with Gasteiger partial charge in [0.2, 0.25) is 0 Å². The first kappa shape index (κ1) is 16.5. The third-order valence-corrected chi connectivity index (χ3v) is 5.11. The van der Waals surface area contributed by atoms with Crippen LogP contribution < -0.4 is 4.74 Å². The molecule has 2 aromatic carbocycles. The minimum absolute atomic E-state index is 0.00288. The fourth-order valence-corrected chi connectivity index (χ4v) is 3.77. The summed E-state index contributed by atoms with van der Waals surface area (Å²) in [7, 11) is 0.